The molecule has 8 heteroatoms. The van der Waals surface area contributed by atoms with E-state index in [0.717, 1.165) is 5.56 Å². The number of nitrogens with one attached hydrogen (secondary N) is 1. The van der Waals surface area contributed by atoms with Crippen LogP contribution in [0.4, 0.5) is 0 Å². The zero-order valence-electron chi connectivity index (χ0n) is 17.3. The molecule has 3 rings (SSSR count). The molecule has 0 saturated heterocycles. The first kappa shape index (κ1) is 22.9. The Bertz CT molecular complexity index is 1260. The first-order valence-electron chi connectivity index (χ1n) is 9.69. The smallest absolute Gasteiger partial charge is 0.258 e. The van der Waals surface area contributed by atoms with Crippen LogP contribution in [0.2, 0.25) is 0 Å². The second-order valence-electron chi connectivity index (χ2n) is 7.27. The van der Waals surface area contributed by atoms with Crippen molar-refractivity contribution < 1.29 is 13.3 Å². The number of nitrogens with zero attached hydrogens (tertiary/aromatic N) is 2. The predicted molar refractivity (Wildman–Crippen MR) is 122 cm³/mol. The highest BCUT2D eigenvalue weighted by molar-refractivity contribution is 7.89. The highest BCUT2D eigenvalue weighted by Crippen LogP contribution is 2.31. The van der Waals surface area contributed by atoms with Crippen molar-refractivity contribution in [3.05, 3.63) is 118 Å². The molecule has 162 valence electrons. The van der Waals surface area contributed by atoms with Crippen molar-refractivity contribution in [2.24, 2.45) is 0 Å². The topological polar surface area (TPSA) is 113 Å². The molecular formula is C24H21N3O4S. The third-order valence-electron chi connectivity index (χ3n) is 5.06. The van der Waals surface area contributed by atoms with E-state index in [1.807, 2.05) is 13.0 Å². The van der Waals surface area contributed by atoms with Crippen molar-refractivity contribution >= 4 is 15.6 Å². The van der Waals surface area contributed by atoms with Crippen LogP contribution in [0.1, 0.15) is 28.3 Å². The third kappa shape index (κ3) is 5.09. The Kier molecular flexibility index (Phi) is 6.83. The van der Waals surface area contributed by atoms with Gasteiger partial charge < -0.3 is 0 Å². The number of benzene rings is 3. The summed E-state index contributed by atoms with van der Waals surface area (Å²) in [6.07, 6.45) is 0. The Labute approximate surface area is 186 Å². The summed E-state index contributed by atoms with van der Waals surface area (Å²) in [6, 6.07) is 20.0. The fourth-order valence-electron chi connectivity index (χ4n) is 3.31. The summed E-state index contributed by atoms with van der Waals surface area (Å²) in [5.41, 5.74) is 2.28. The first-order chi connectivity index (χ1) is 15.2. The minimum absolute atomic E-state index is 0.00540. The van der Waals surface area contributed by atoms with E-state index in [-0.39, 0.29) is 10.5 Å². The van der Waals surface area contributed by atoms with Crippen LogP contribution in [0.3, 0.4) is 0 Å². The van der Waals surface area contributed by atoms with Gasteiger partial charge in [0, 0.05) is 10.5 Å². The van der Waals surface area contributed by atoms with Crippen LogP contribution in [0.25, 0.3) is 5.57 Å². The summed E-state index contributed by atoms with van der Waals surface area (Å²) >= 11 is 0. The maximum atomic E-state index is 13.1. The molecular weight excluding hydrogens is 426 g/mol. The van der Waals surface area contributed by atoms with Crippen LogP contribution in [0.5, 0.6) is 0 Å². The second kappa shape index (κ2) is 9.56. The molecule has 0 saturated carbocycles. The van der Waals surface area contributed by atoms with E-state index in [2.05, 4.69) is 11.3 Å². The molecule has 3 aromatic rings. The van der Waals surface area contributed by atoms with Gasteiger partial charge in [-0.15, -0.1) is 0 Å². The average Bonchev–Trinajstić information content (AvgIpc) is 2.79. The molecule has 0 aliphatic rings. The number of aryl methyl sites for hydroxylation is 1. The molecule has 0 aliphatic carbocycles. The fraction of sp³-hybridized carbons (Fsp3) is 0.125. The number of sulfonamides is 1. The lowest BCUT2D eigenvalue weighted by Gasteiger charge is -2.24. The molecule has 0 radical (unpaired) electrons. The van der Waals surface area contributed by atoms with Crippen LogP contribution in [0.15, 0.2) is 90.3 Å². The van der Waals surface area contributed by atoms with Gasteiger partial charge in [0.15, 0.2) is 0 Å². The summed E-state index contributed by atoms with van der Waals surface area (Å²) in [5, 5.41) is 21.3. The van der Waals surface area contributed by atoms with E-state index in [1.165, 1.54) is 36.4 Å². The summed E-state index contributed by atoms with van der Waals surface area (Å²) in [7, 11) is -4.09. The van der Waals surface area contributed by atoms with E-state index < -0.39 is 27.0 Å². The Morgan fingerprint density at radius 1 is 1.03 bits per heavy atom. The van der Waals surface area contributed by atoms with Crippen molar-refractivity contribution in [3.63, 3.8) is 0 Å². The molecule has 0 spiro atoms. The molecule has 0 unspecified atom stereocenters. The molecule has 2 atom stereocenters. The molecule has 1 N–H and O–H groups in total. The maximum absolute atomic E-state index is 13.1. The lowest BCUT2D eigenvalue weighted by molar-refractivity contribution is -0.510. The number of nitriles is 1. The standard InChI is InChI=1S/C24H21N3O4S/c1-17-8-14-22(15-9-17)32(30,31)26-23(21-12-10-19(16-25)11-13-21)24(27(28)29)18(2)20-6-4-3-5-7-20/h3-15,23-24,26H,2H2,1H3/t23-,24-/m1/s1. The highest BCUT2D eigenvalue weighted by Gasteiger charge is 2.39. The van der Waals surface area contributed by atoms with E-state index in [4.69, 9.17) is 5.26 Å². The lowest BCUT2D eigenvalue weighted by Crippen LogP contribution is -2.40. The van der Waals surface area contributed by atoms with Gasteiger partial charge in [0.1, 0.15) is 6.04 Å². The zero-order valence-corrected chi connectivity index (χ0v) is 18.1. The molecule has 0 heterocycles. The average molecular weight is 448 g/mol. The van der Waals surface area contributed by atoms with E-state index in [0.29, 0.717) is 16.7 Å². The molecule has 0 aromatic heterocycles. The van der Waals surface area contributed by atoms with Crippen LogP contribution in [-0.4, -0.2) is 19.4 Å². The summed E-state index contributed by atoms with van der Waals surface area (Å²) in [6.45, 7) is 5.74. The molecule has 0 aliphatic heterocycles. The molecule has 7 nitrogen and oxygen atoms in total. The minimum atomic E-state index is -4.09. The number of hydrogen-bond acceptors (Lipinski definition) is 5. The summed E-state index contributed by atoms with van der Waals surface area (Å²) < 4.78 is 28.7. The van der Waals surface area contributed by atoms with Crippen LogP contribution >= 0.6 is 0 Å². The van der Waals surface area contributed by atoms with Gasteiger partial charge in [0.25, 0.3) is 6.04 Å². The Balaban J connectivity index is 2.10. The van der Waals surface area contributed by atoms with Crippen LogP contribution < -0.4 is 4.72 Å². The molecule has 3 aromatic carbocycles. The van der Waals surface area contributed by atoms with Crippen molar-refractivity contribution in [2.45, 2.75) is 23.9 Å². The molecule has 0 bridgehead atoms. The highest BCUT2D eigenvalue weighted by atomic mass is 32.2. The Hall–Kier alpha value is -3.80. The van der Waals surface area contributed by atoms with Gasteiger partial charge in [0.2, 0.25) is 10.0 Å². The SMILES string of the molecule is C=C(c1ccccc1)[C@H]([C@H](NS(=O)(=O)c1ccc(C)cc1)c1ccc(C#N)cc1)[N+](=O)[O-]. The molecule has 0 fully saturated rings. The molecule has 32 heavy (non-hydrogen) atoms. The van der Waals surface area contributed by atoms with E-state index >= 15 is 0 Å². The van der Waals surface area contributed by atoms with Crippen molar-refractivity contribution in [3.8, 4) is 6.07 Å². The molecule has 0 amide bonds. The fourth-order valence-corrected chi connectivity index (χ4v) is 4.54. The van der Waals surface area contributed by atoms with Gasteiger partial charge in [-0.25, -0.2) is 8.42 Å². The minimum Gasteiger partial charge on any atom is -0.264 e. The van der Waals surface area contributed by atoms with Gasteiger partial charge in [-0.1, -0.05) is 66.7 Å². The largest absolute Gasteiger partial charge is 0.264 e. The van der Waals surface area contributed by atoms with Crippen LogP contribution in [0, 0.1) is 28.4 Å². The van der Waals surface area contributed by atoms with Gasteiger partial charge >= 0.3 is 0 Å². The van der Waals surface area contributed by atoms with Crippen molar-refractivity contribution in [1.82, 2.24) is 4.72 Å². The van der Waals surface area contributed by atoms with E-state index in [9.17, 15) is 18.5 Å². The number of hydrogen-bond donors (Lipinski definition) is 1. The number of nitro groups is 1. The van der Waals surface area contributed by atoms with Gasteiger partial charge in [-0.2, -0.15) is 9.98 Å². The monoisotopic (exact) mass is 447 g/mol. The van der Waals surface area contributed by atoms with Crippen LogP contribution in [-0.2, 0) is 10.0 Å². The lowest BCUT2D eigenvalue weighted by atomic mass is 9.91. The van der Waals surface area contributed by atoms with Crippen molar-refractivity contribution in [2.75, 3.05) is 0 Å². The first-order valence-corrected chi connectivity index (χ1v) is 11.2. The van der Waals surface area contributed by atoms with Gasteiger partial charge in [-0.3, -0.25) is 10.1 Å². The van der Waals surface area contributed by atoms with Gasteiger partial charge in [0.05, 0.1) is 16.5 Å². The normalized spacial score (nSPS) is 13.0. The summed E-state index contributed by atoms with van der Waals surface area (Å²) in [4.78, 5) is 11.6. The predicted octanol–water partition coefficient (Wildman–Crippen LogP) is 4.25. The second-order valence-corrected chi connectivity index (χ2v) is 8.98. The maximum Gasteiger partial charge on any atom is 0.258 e. The van der Waals surface area contributed by atoms with Crippen molar-refractivity contribution in [1.29, 1.82) is 5.26 Å². The Morgan fingerprint density at radius 2 is 1.62 bits per heavy atom. The summed E-state index contributed by atoms with van der Waals surface area (Å²) in [5.74, 6) is 0. The third-order valence-corrected chi connectivity index (χ3v) is 6.51. The number of rotatable bonds is 8. The van der Waals surface area contributed by atoms with Gasteiger partial charge in [-0.05, 0) is 42.3 Å². The quantitative estimate of drug-likeness (QED) is 0.410. The van der Waals surface area contributed by atoms with E-state index in [1.54, 1.807) is 42.5 Å². The Morgan fingerprint density at radius 3 is 2.16 bits per heavy atom. The zero-order chi connectivity index (χ0) is 23.3.